The number of para-hydroxylation sites is 1. The number of alkyl halides is 3. The number of imide groups is 1. The lowest BCUT2D eigenvalue weighted by molar-refractivity contribution is -0.137. The van der Waals surface area contributed by atoms with Crippen molar-refractivity contribution in [3.05, 3.63) is 71.5 Å². The molecule has 4 aromatic rings. The van der Waals surface area contributed by atoms with Crippen molar-refractivity contribution in [2.75, 3.05) is 6.54 Å². The Hall–Kier alpha value is -3.85. The molecule has 2 aromatic carbocycles. The van der Waals surface area contributed by atoms with Gasteiger partial charge >= 0.3 is 6.18 Å². The van der Waals surface area contributed by atoms with Crippen LogP contribution in [0.15, 0.2) is 54.9 Å². The van der Waals surface area contributed by atoms with E-state index in [2.05, 4.69) is 10.3 Å². The Kier molecular flexibility index (Phi) is 4.86. The average molecular weight is 452 g/mol. The van der Waals surface area contributed by atoms with Crippen LogP contribution in [0.4, 0.5) is 13.2 Å². The highest BCUT2D eigenvalue weighted by molar-refractivity contribution is 6.50. The predicted octanol–water partition coefficient (Wildman–Crippen LogP) is 4.06. The highest BCUT2D eigenvalue weighted by Gasteiger charge is 2.36. The largest absolute Gasteiger partial charge is 0.416 e. The number of nitrogens with one attached hydrogen (secondary N) is 2. The topological polar surface area (TPSA) is 92.9 Å². The van der Waals surface area contributed by atoms with Crippen molar-refractivity contribution in [3.8, 4) is 0 Å². The van der Waals surface area contributed by atoms with E-state index in [-0.39, 0.29) is 11.1 Å². The minimum absolute atomic E-state index is 0.140. The number of H-pyrrole nitrogens is 1. The van der Waals surface area contributed by atoms with Crippen LogP contribution in [0.2, 0.25) is 0 Å². The van der Waals surface area contributed by atoms with Crippen LogP contribution in [0.1, 0.15) is 23.1 Å². The summed E-state index contributed by atoms with van der Waals surface area (Å²) in [5.74, 6) is -1.13. The maximum absolute atomic E-state index is 13.4. The van der Waals surface area contributed by atoms with Crippen molar-refractivity contribution < 1.29 is 22.8 Å². The summed E-state index contributed by atoms with van der Waals surface area (Å²) in [6, 6.07) is 10.8. The van der Waals surface area contributed by atoms with E-state index in [0.717, 1.165) is 23.0 Å². The summed E-state index contributed by atoms with van der Waals surface area (Å²) < 4.78 is 41.8. The van der Waals surface area contributed by atoms with Crippen molar-refractivity contribution in [2.45, 2.75) is 19.1 Å². The van der Waals surface area contributed by atoms with Crippen LogP contribution in [0.5, 0.6) is 0 Å². The number of carbonyl (C=O) groups is 2. The summed E-state index contributed by atoms with van der Waals surface area (Å²) in [4.78, 5) is 28.8. The van der Waals surface area contributed by atoms with E-state index < -0.39 is 23.6 Å². The van der Waals surface area contributed by atoms with Crippen LogP contribution < -0.4 is 11.1 Å². The van der Waals surface area contributed by atoms with Crippen molar-refractivity contribution in [3.63, 3.8) is 0 Å². The molecule has 1 aliphatic rings. The normalized spacial score (nSPS) is 14.7. The molecule has 4 N–H and O–H groups in total. The zero-order chi connectivity index (χ0) is 23.3. The molecule has 0 bridgehead atoms. The monoisotopic (exact) mass is 452 g/mol. The molecule has 0 unspecified atom stereocenters. The molecule has 0 saturated heterocycles. The number of hydrogen-bond donors (Lipinski definition) is 3. The van der Waals surface area contributed by atoms with Gasteiger partial charge in [0.05, 0.1) is 16.7 Å². The van der Waals surface area contributed by atoms with Gasteiger partial charge in [-0.2, -0.15) is 13.2 Å². The van der Waals surface area contributed by atoms with Crippen LogP contribution in [-0.2, 0) is 22.3 Å². The van der Waals surface area contributed by atoms with Gasteiger partial charge in [-0.3, -0.25) is 14.9 Å². The van der Waals surface area contributed by atoms with E-state index >= 15 is 0 Å². The van der Waals surface area contributed by atoms with Crippen molar-refractivity contribution >= 4 is 44.8 Å². The first kappa shape index (κ1) is 21.0. The lowest BCUT2D eigenvalue weighted by Gasteiger charge is -2.09. The maximum Gasteiger partial charge on any atom is 0.416 e. The van der Waals surface area contributed by atoms with Gasteiger partial charge in [-0.25, -0.2) is 0 Å². The third kappa shape index (κ3) is 3.41. The average Bonchev–Trinajstić information content (AvgIpc) is 3.44. The molecule has 2 amide bonds. The highest BCUT2D eigenvalue weighted by atomic mass is 19.4. The van der Waals surface area contributed by atoms with E-state index in [4.69, 9.17) is 5.73 Å². The summed E-state index contributed by atoms with van der Waals surface area (Å²) in [6.45, 7) is 0.732. The summed E-state index contributed by atoms with van der Waals surface area (Å²) in [7, 11) is 0. The molecule has 0 spiro atoms. The third-order valence-electron chi connectivity index (χ3n) is 5.87. The number of aromatic amines is 1. The Labute approximate surface area is 185 Å². The van der Waals surface area contributed by atoms with Gasteiger partial charge in [0.15, 0.2) is 0 Å². The third-order valence-corrected chi connectivity index (χ3v) is 5.87. The number of fused-ring (bicyclic) bond motifs is 2. The van der Waals surface area contributed by atoms with Gasteiger partial charge in [0.2, 0.25) is 0 Å². The number of nitrogens with zero attached hydrogens (tertiary/aromatic N) is 1. The van der Waals surface area contributed by atoms with Crippen LogP contribution >= 0.6 is 0 Å². The Morgan fingerprint density at radius 2 is 1.67 bits per heavy atom. The van der Waals surface area contributed by atoms with Crippen LogP contribution in [0, 0.1) is 0 Å². The summed E-state index contributed by atoms with van der Waals surface area (Å²) >= 11 is 0. The molecular weight excluding hydrogens is 433 g/mol. The second kappa shape index (κ2) is 7.63. The van der Waals surface area contributed by atoms with E-state index in [1.165, 1.54) is 6.07 Å². The molecule has 168 valence electrons. The molecule has 0 radical (unpaired) electrons. The second-order valence-corrected chi connectivity index (χ2v) is 7.89. The zero-order valence-electron chi connectivity index (χ0n) is 17.3. The number of nitrogens with two attached hydrogens (primary N) is 1. The first-order valence-electron chi connectivity index (χ1n) is 10.4. The second-order valence-electron chi connectivity index (χ2n) is 7.89. The van der Waals surface area contributed by atoms with Crippen LogP contribution in [0.3, 0.4) is 0 Å². The fourth-order valence-electron chi connectivity index (χ4n) is 4.36. The lowest BCUT2D eigenvalue weighted by Crippen LogP contribution is -2.22. The smallest absolute Gasteiger partial charge is 0.361 e. The zero-order valence-corrected chi connectivity index (χ0v) is 17.3. The fraction of sp³-hybridized carbons (Fsp3) is 0.167. The first-order valence-corrected chi connectivity index (χ1v) is 10.4. The van der Waals surface area contributed by atoms with Gasteiger partial charge in [-0.15, -0.1) is 0 Å². The number of aromatic nitrogens is 2. The van der Waals surface area contributed by atoms with Gasteiger partial charge in [0.25, 0.3) is 11.8 Å². The van der Waals surface area contributed by atoms with Crippen molar-refractivity contribution in [2.24, 2.45) is 5.73 Å². The molecule has 6 nitrogen and oxygen atoms in total. The van der Waals surface area contributed by atoms with E-state index in [9.17, 15) is 22.8 Å². The molecule has 0 atom stereocenters. The summed E-state index contributed by atoms with van der Waals surface area (Å²) in [6.07, 6.45) is -0.679. The van der Waals surface area contributed by atoms with E-state index in [0.29, 0.717) is 41.5 Å². The summed E-state index contributed by atoms with van der Waals surface area (Å²) in [5.41, 5.74) is 7.24. The SMILES string of the molecule is NCCCn1cc(C2=C(c3c[nH]c4ccccc34)C(=O)NC2=O)c2ccc(C(F)(F)F)cc21. The van der Waals surface area contributed by atoms with Crippen LogP contribution in [0.25, 0.3) is 33.0 Å². The predicted molar refractivity (Wildman–Crippen MR) is 119 cm³/mol. The molecule has 5 rings (SSSR count). The fourth-order valence-corrected chi connectivity index (χ4v) is 4.36. The Morgan fingerprint density at radius 3 is 2.39 bits per heavy atom. The van der Waals surface area contributed by atoms with Gasteiger partial charge in [-0.05, 0) is 31.2 Å². The highest BCUT2D eigenvalue weighted by Crippen LogP contribution is 2.40. The molecule has 9 heteroatoms. The van der Waals surface area contributed by atoms with E-state index in [1.807, 2.05) is 24.3 Å². The molecule has 0 saturated carbocycles. The Morgan fingerprint density at radius 1 is 0.939 bits per heavy atom. The Balaban J connectivity index is 1.79. The van der Waals surface area contributed by atoms with Crippen molar-refractivity contribution in [1.82, 2.24) is 14.9 Å². The first-order chi connectivity index (χ1) is 15.8. The molecule has 33 heavy (non-hydrogen) atoms. The van der Waals surface area contributed by atoms with E-state index in [1.54, 1.807) is 17.0 Å². The number of benzene rings is 2. The molecular formula is C24H19F3N4O2. The van der Waals surface area contributed by atoms with Gasteiger partial charge in [0.1, 0.15) is 0 Å². The molecule has 1 aliphatic heterocycles. The minimum Gasteiger partial charge on any atom is -0.361 e. The number of hydrogen-bond acceptors (Lipinski definition) is 3. The number of aryl methyl sites for hydroxylation is 1. The summed E-state index contributed by atoms with van der Waals surface area (Å²) in [5, 5.41) is 3.57. The number of rotatable bonds is 5. The van der Waals surface area contributed by atoms with Crippen LogP contribution in [-0.4, -0.2) is 27.9 Å². The number of amides is 2. The quantitative estimate of drug-likeness (QED) is 0.399. The van der Waals surface area contributed by atoms with Crippen molar-refractivity contribution in [1.29, 1.82) is 0 Å². The van der Waals surface area contributed by atoms with Gasteiger partial charge in [0, 0.05) is 51.9 Å². The molecule has 2 aromatic heterocycles. The molecule has 0 fully saturated rings. The number of carbonyl (C=O) groups excluding carboxylic acids is 2. The van der Waals surface area contributed by atoms with Gasteiger partial charge in [-0.1, -0.05) is 24.3 Å². The standard InChI is InChI=1S/C24H19F3N4O2/c25-24(26,27)13-6-7-15-17(12-31(9-3-8-28)19(15)10-13)21-20(22(32)30-23(21)33)16-11-29-18-5-2-1-4-14(16)18/h1-2,4-7,10-12,29H,3,8-9,28H2,(H,30,32,33). The minimum atomic E-state index is -4.51. The number of halogens is 3. The maximum atomic E-state index is 13.4. The Bertz CT molecular complexity index is 1460. The molecule has 3 heterocycles. The van der Waals surface area contributed by atoms with Gasteiger partial charge < -0.3 is 15.3 Å². The lowest BCUT2D eigenvalue weighted by atomic mass is 9.95. The molecule has 0 aliphatic carbocycles.